The maximum atomic E-state index is 12.7. The molecule has 0 unspecified atom stereocenters. The number of nitrogens with one attached hydrogen (secondary N) is 1. The van der Waals surface area contributed by atoms with Crippen LogP contribution >= 0.6 is 11.6 Å². The van der Waals surface area contributed by atoms with Gasteiger partial charge in [0.1, 0.15) is 0 Å². The molecule has 2 saturated carbocycles. The highest BCUT2D eigenvalue weighted by Crippen LogP contribution is 2.49. The van der Waals surface area contributed by atoms with E-state index < -0.39 is 0 Å². The normalized spacial score (nSPS) is 27.6. The summed E-state index contributed by atoms with van der Waals surface area (Å²) in [5.74, 6) is 0.201. The van der Waals surface area contributed by atoms with Gasteiger partial charge in [0.25, 0.3) is 0 Å². The average Bonchev–Trinajstić information content (AvgIpc) is 3.38. The monoisotopic (exact) mass is 304 g/mol. The molecule has 1 N–H and O–H groups in total. The minimum atomic E-state index is -0.308. The van der Waals surface area contributed by atoms with Crippen LogP contribution in [0.15, 0.2) is 24.3 Å². The van der Waals surface area contributed by atoms with Crippen LogP contribution in [0.1, 0.15) is 37.7 Å². The molecule has 2 aliphatic carbocycles. The highest BCUT2D eigenvalue weighted by molar-refractivity contribution is 6.30. The number of nitrogens with zero attached hydrogens (tertiary/aromatic N) is 1. The number of halogens is 1. The molecule has 1 atom stereocenters. The number of rotatable bonds is 4. The van der Waals surface area contributed by atoms with E-state index in [0.29, 0.717) is 11.1 Å². The number of amides is 1. The van der Waals surface area contributed by atoms with Crippen molar-refractivity contribution >= 4 is 17.5 Å². The van der Waals surface area contributed by atoms with Crippen molar-refractivity contribution in [3.8, 4) is 0 Å². The highest BCUT2D eigenvalue weighted by atomic mass is 35.5. The first kappa shape index (κ1) is 13.6. The van der Waals surface area contributed by atoms with Crippen molar-refractivity contribution in [1.29, 1.82) is 0 Å². The molecule has 0 bridgehead atoms. The Morgan fingerprint density at radius 2 is 2.10 bits per heavy atom. The van der Waals surface area contributed by atoms with Gasteiger partial charge < -0.3 is 5.32 Å². The molecule has 3 fully saturated rings. The summed E-state index contributed by atoms with van der Waals surface area (Å²) < 4.78 is 0. The Hall–Kier alpha value is -1.06. The second kappa shape index (κ2) is 4.99. The van der Waals surface area contributed by atoms with Gasteiger partial charge in [0.2, 0.25) is 5.91 Å². The van der Waals surface area contributed by atoms with Crippen LogP contribution in [0.4, 0.5) is 0 Å². The van der Waals surface area contributed by atoms with Crippen molar-refractivity contribution in [2.75, 3.05) is 13.1 Å². The molecule has 1 aliphatic heterocycles. The molecule has 1 saturated heterocycles. The zero-order valence-electron chi connectivity index (χ0n) is 12.1. The van der Waals surface area contributed by atoms with E-state index >= 15 is 0 Å². The van der Waals surface area contributed by atoms with E-state index in [4.69, 9.17) is 11.6 Å². The average molecular weight is 305 g/mol. The lowest BCUT2D eigenvalue weighted by atomic mass is 9.94. The third-order valence-electron chi connectivity index (χ3n) is 5.18. The molecule has 112 valence electrons. The summed E-state index contributed by atoms with van der Waals surface area (Å²) in [4.78, 5) is 15.2. The van der Waals surface area contributed by atoms with Gasteiger partial charge in [-0.15, -0.1) is 0 Å². The Kier molecular flexibility index (Phi) is 3.23. The van der Waals surface area contributed by atoms with E-state index in [2.05, 4.69) is 10.2 Å². The second-order valence-electron chi connectivity index (χ2n) is 6.78. The maximum absolute atomic E-state index is 12.7. The third-order valence-corrected chi connectivity index (χ3v) is 5.42. The van der Waals surface area contributed by atoms with Crippen molar-refractivity contribution in [3.05, 3.63) is 34.9 Å². The summed E-state index contributed by atoms with van der Waals surface area (Å²) >= 11 is 6.08. The first-order valence-corrected chi connectivity index (χ1v) is 8.36. The van der Waals surface area contributed by atoms with E-state index in [1.54, 1.807) is 0 Å². The smallest absolute Gasteiger partial charge is 0.230 e. The van der Waals surface area contributed by atoms with Crippen molar-refractivity contribution in [3.63, 3.8) is 0 Å². The highest BCUT2D eigenvalue weighted by Gasteiger charge is 2.52. The van der Waals surface area contributed by atoms with Gasteiger partial charge in [0.15, 0.2) is 0 Å². The van der Waals surface area contributed by atoms with E-state index in [0.717, 1.165) is 44.0 Å². The number of carbonyl (C=O) groups excluding carboxylic acids is 1. The molecule has 0 radical (unpaired) electrons. The van der Waals surface area contributed by atoms with Gasteiger partial charge in [0, 0.05) is 30.2 Å². The standard InChI is InChI=1S/C17H21ClN2O/c18-13-3-1-2-12(10-13)17(7-8-17)16(21)19-14-6-9-20(11-14)15-4-5-15/h1-3,10,14-15H,4-9,11H2,(H,19,21)/t14-/m0/s1. The molecule has 4 heteroatoms. The summed E-state index contributed by atoms with van der Waals surface area (Å²) in [6, 6.07) is 8.91. The Balaban J connectivity index is 1.43. The molecule has 1 aromatic rings. The molecular formula is C17H21ClN2O. The predicted octanol–water partition coefficient (Wildman–Crippen LogP) is 2.72. The Morgan fingerprint density at radius 1 is 1.29 bits per heavy atom. The first-order chi connectivity index (χ1) is 10.2. The summed E-state index contributed by atoms with van der Waals surface area (Å²) in [6.45, 7) is 2.17. The SMILES string of the molecule is O=C(N[C@H]1CCN(C2CC2)C1)C1(c2cccc(Cl)c2)CC1. The fourth-order valence-corrected chi connectivity index (χ4v) is 3.75. The van der Waals surface area contributed by atoms with Crippen molar-refractivity contribution in [1.82, 2.24) is 10.2 Å². The van der Waals surface area contributed by atoms with Gasteiger partial charge in [-0.2, -0.15) is 0 Å². The third kappa shape index (κ3) is 2.58. The van der Waals surface area contributed by atoms with E-state index in [-0.39, 0.29) is 11.3 Å². The number of hydrogen-bond acceptors (Lipinski definition) is 2. The Labute approximate surface area is 130 Å². The van der Waals surface area contributed by atoms with Crippen molar-refractivity contribution in [2.24, 2.45) is 0 Å². The topological polar surface area (TPSA) is 32.3 Å². The quantitative estimate of drug-likeness (QED) is 0.927. The minimum Gasteiger partial charge on any atom is -0.351 e. The van der Waals surface area contributed by atoms with Crippen LogP contribution < -0.4 is 5.32 Å². The van der Waals surface area contributed by atoms with Crippen LogP contribution in [0.25, 0.3) is 0 Å². The number of likely N-dealkylation sites (tertiary alicyclic amines) is 1. The molecule has 21 heavy (non-hydrogen) atoms. The van der Waals surface area contributed by atoms with Crippen LogP contribution in [0.2, 0.25) is 5.02 Å². The fraction of sp³-hybridized carbons (Fsp3) is 0.588. The van der Waals surface area contributed by atoms with Gasteiger partial charge in [-0.1, -0.05) is 23.7 Å². The fourth-order valence-electron chi connectivity index (χ4n) is 3.56. The molecule has 1 amide bonds. The molecule has 3 aliphatic rings. The van der Waals surface area contributed by atoms with Gasteiger partial charge in [-0.3, -0.25) is 9.69 Å². The largest absolute Gasteiger partial charge is 0.351 e. The van der Waals surface area contributed by atoms with Crippen LogP contribution in [0, 0.1) is 0 Å². The van der Waals surface area contributed by atoms with Crippen LogP contribution in [-0.2, 0) is 10.2 Å². The Bertz CT molecular complexity index is 566. The lowest BCUT2D eigenvalue weighted by Crippen LogP contribution is -2.43. The zero-order chi connectivity index (χ0) is 14.4. The first-order valence-electron chi connectivity index (χ1n) is 7.98. The summed E-state index contributed by atoms with van der Waals surface area (Å²) in [5, 5.41) is 4.00. The molecule has 4 rings (SSSR count). The van der Waals surface area contributed by atoms with Gasteiger partial charge in [0.05, 0.1) is 5.41 Å². The van der Waals surface area contributed by atoms with Crippen LogP contribution in [-0.4, -0.2) is 36.0 Å². The molecule has 1 heterocycles. The molecule has 0 aromatic heterocycles. The number of carbonyl (C=O) groups is 1. The molecule has 3 nitrogen and oxygen atoms in total. The predicted molar refractivity (Wildman–Crippen MR) is 83.5 cm³/mol. The summed E-state index contributed by atoms with van der Waals surface area (Å²) in [6.07, 6.45) is 5.66. The molecular weight excluding hydrogens is 284 g/mol. The Morgan fingerprint density at radius 3 is 2.76 bits per heavy atom. The van der Waals surface area contributed by atoms with Gasteiger partial charge in [-0.25, -0.2) is 0 Å². The minimum absolute atomic E-state index is 0.201. The van der Waals surface area contributed by atoms with Crippen LogP contribution in [0.3, 0.4) is 0 Å². The zero-order valence-corrected chi connectivity index (χ0v) is 12.9. The summed E-state index contributed by atoms with van der Waals surface area (Å²) in [7, 11) is 0. The van der Waals surface area contributed by atoms with E-state index in [9.17, 15) is 4.79 Å². The number of hydrogen-bond donors (Lipinski definition) is 1. The van der Waals surface area contributed by atoms with Crippen molar-refractivity contribution in [2.45, 2.75) is 49.6 Å². The van der Waals surface area contributed by atoms with Crippen molar-refractivity contribution < 1.29 is 4.79 Å². The number of benzene rings is 1. The lowest BCUT2D eigenvalue weighted by Gasteiger charge is -2.20. The van der Waals surface area contributed by atoms with Gasteiger partial charge >= 0.3 is 0 Å². The maximum Gasteiger partial charge on any atom is 0.230 e. The van der Waals surface area contributed by atoms with Gasteiger partial charge in [-0.05, 0) is 49.8 Å². The van der Waals surface area contributed by atoms with Crippen LogP contribution in [0.5, 0.6) is 0 Å². The second-order valence-corrected chi connectivity index (χ2v) is 7.21. The molecule has 0 spiro atoms. The van der Waals surface area contributed by atoms with E-state index in [1.165, 1.54) is 12.8 Å². The summed E-state index contributed by atoms with van der Waals surface area (Å²) in [5.41, 5.74) is 0.766. The lowest BCUT2D eigenvalue weighted by molar-refractivity contribution is -0.124. The van der Waals surface area contributed by atoms with E-state index in [1.807, 2.05) is 24.3 Å². The molecule has 1 aromatic carbocycles.